The van der Waals surface area contributed by atoms with Crippen molar-refractivity contribution in [3.8, 4) is 0 Å². The van der Waals surface area contributed by atoms with Crippen molar-refractivity contribution < 1.29 is 0 Å². The molecule has 96 valence electrons. The van der Waals surface area contributed by atoms with Crippen LogP contribution in [0.15, 0.2) is 35.1 Å². The summed E-state index contributed by atoms with van der Waals surface area (Å²) in [4.78, 5) is 7.39. The van der Waals surface area contributed by atoms with Crippen LogP contribution in [0.2, 0.25) is 5.02 Å². The summed E-state index contributed by atoms with van der Waals surface area (Å²) in [5.74, 6) is 0.972. The fourth-order valence-electron chi connectivity index (χ4n) is 1.89. The summed E-state index contributed by atoms with van der Waals surface area (Å²) in [5.41, 5.74) is 1.17. The van der Waals surface area contributed by atoms with Crippen molar-refractivity contribution >= 4 is 27.5 Å². The van der Waals surface area contributed by atoms with Crippen molar-refractivity contribution in [2.75, 3.05) is 6.54 Å². The van der Waals surface area contributed by atoms with Gasteiger partial charge in [-0.15, -0.1) is 0 Å². The SMILES string of the molecule is CCNC(Cc1ncc[nH]1)c1ccc(Br)c(Cl)c1. The Kier molecular flexibility index (Phi) is 4.80. The maximum Gasteiger partial charge on any atom is 0.107 e. The van der Waals surface area contributed by atoms with Crippen LogP contribution in [0.4, 0.5) is 0 Å². The Hall–Kier alpha value is -0.840. The first-order valence-corrected chi connectivity index (χ1v) is 7.04. The number of aromatic nitrogens is 2. The summed E-state index contributed by atoms with van der Waals surface area (Å²) in [6.45, 7) is 2.99. The fourth-order valence-corrected chi connectivity index (χ4v) is 2.32. The lowest BCUT2D eigenvalue weighted by Crippen LogP contribution is -2.23. The molecule has 0 saturated heterocycles. The van der Waals surface area contributed by atoms with Crippen molar-refractivity contribution in [2.24, 2.45) is 0 Å². The molecule has 2 aromatic rings. The largest absolute Gasteiger partial charge is 0.349 e. The number of likely N-dealkylation sites (N-methyl/N-ethyl adjacent to an activating group) is 1. The van der Waals surface area contributed by atoms with Gasteiger partial charge in [0.1, 0.15) is 5.82 Å². The minimum absolute atomic E-state index is 0.215. The predicted molar refractivity (Wildman–Crippen MR) is 77.9 cm³/mol. The van der Waals surface area contributed by atoms with Gasteiger partial charge in [0.15, 0.2) is 0 Å². The zero-order valence-electron chi connectivity index (χ0n) is 10.1. The maximum absolute atomic E-state index is 6.14. The zero-order valence-corrected chi connectivity index (χ0v) is 12.4. The molecule has 0 bridgehead atoms. The van der Waals surface area contributed by atoms with Crippen LogP contribution in [0.25, 0.3) is 0 Å². The highest BCUT2D eigenvalue weighted by molar-refractivity contribution is 9.10. The summed E-state index contributed by atoms with van der Waals surface area (Å²) >= 11 is 9.55. The molecule has 1 atom stereocenters. The summed E-state index contributed by atoms with van der Waals surface area (Å²) < 4.78 is 0.918. The quantitative estimate of drug-likeness (QED) is 0.878. The summed E-state index contributed by atoms with van der Waals surface area (Å²) in [5, 5.41) is 4.18. The molecule has 0 aliphatic carbocycles. The molecule has 0 radical (unpaired) electrons. The number of benzene rings is 1. The highest BCUT2D eigenvalue weighted by Gasteiger charge is 2.13. The standard InChI is InChI=1S/C13H15BrClN3/c1-2-16-12(8-13-17-5-6-18-13)9-3-4-10(14)11(15)7-9/h3-7,12,16H,2,8H2,1H3,(H,17,18). The van der Waals surface area contributed by atoms with E-state index < -0.39 is 0 Å². The van der Waals surface area contributed by atoms with Gasteiger partial charge in [-0.05, 0) is 40.2 Å². The van der Waals surface area contributed by atoms with Gasteiger partial charge in [0.05, 0.1) is 5.02 Å². The van der Waals surface area contributed by atoms with Crippen molar-refractivity contribution in [3.05, 3.63) is 51.5 Å². The number of imidazole rings is 1. The van der Waals surface area contributed by atoms with E-state index in [1.165, 1.54) is 5.56 Å². The molecule has 0 amide bonds. The molecule has 1 aromatic carbocycles. The molecule has 18 heavy (non-hydrogen) atoms. The molecule has 1 aromatic heterocycles. The molecule has 0 aliphatic heterocycles. The van der Waals surface area contributed by atoms with E-state index in [1.807, 2.05) is 18.3 Å². The molecular weight excluding hydrogens is 314 g/mol. The second kappa shape index (κ2) is 6.36. The highest BCUT2D eigenvalue weighted by Crippen LogP contribution is 2.27. The van der Waals surface area contributed by atoms with Gasteiger partial charge in [-0.1, -0.05) is 24.6 Å². The molecule has 0 saturated carbocycles. The van der Waals surface area contributed by atoms with Gasteiger partial charge < -0.3 is 10.3 Å². The molecule has 3 nitrogen and oxygen atoms in total. The van der Waals surface area contributed by atoms with E-state index in [2.05, 4.69) is 44.2 Å². The molecular formula is C13H15BrClN3. The Morgan fingerprint density at radius 3 is 2.94 bits per heavy atom. The second-order valence-corrected chi connectivity index (χ2v) is 5.29. The van der Waals surface area contributed by atoms with Gasteiger partial charge >= 0.3 is 0 Å². The van der Waals surface area contributed by atoms with Crippen LogP contribution in [-0.2, 0) is 6.42 Å². The number of aromatic amines is 1. The van der Waals surface area contributed by atoms with E-state index in [4.69, 9.17) is 11.6 Å². The number of hydrogen-bond acceptors (Lipinski definition) is 2. The zero-order chi connectivity index (χ0) is 13.0. The fraction of sp³-hybridized carbons (Fsp3) is 0.308. The normalized spacial score (nSPS) is 12.6. The molecule has 2 N–H and O–H groups in total. The summed E-state index contributed by atoms with van der Waals surface area (Å²) in [6.07, 6.45) is 4.43. The predicted octanol–water partition coefficient (Wildman–Crippen LogP) is 3.72. The molecule has 1 heterocycles. The Balaban J connectivity index is 2.20. The van der Waals surface area contributed by atoms with E-state index >= 15 is 0 Å². The van der Waals surface area contributed by atoms with E-state index in [1.54, 1.807) is 6.20 Å². The van der Waals surface area contributed by atoms with Gasteiger partial charge in [-0.25, -0.2) is 4.98 Å². The first kappa shape index (κ1) is 13.6. The van der Waals surface area contributed by atoms with Crippen LogP contribution in [0, 0.1) is 0 Å². The molecule has 0 spiro atoms. The number of nitrogens with one attached hydrogen (secondary N) is 2. The third kappa shape index (κ3) is 3.34. The smallest absolute Gasteiger partial charge is 0.107 e. The first-order chi connectivity index (χ1) is 8.70. The average Bonchev–Trinajstić information content (AvgIpc) is 2.85. The average molecular weight is 329 g/mol. The van der Waals surface area contributed by atoms with Gasteiger partial charge in [0.25, 0.3) is 0 Å². The van der Waals surface area contributed by atoms with Crippen molar-refractivity contribution in [2.45, 2.75) is 19.4 Å². The van der Waals surface area contributed by atoms with Gasteiger partial charge in [0.2, 0.25) is 0 Å². The molecule has 1 unspecified atom stereocenters. The molecule has 2 rings (SSSR count). The highest BCUT2D eigenvalue weighted by atomic mass is 79.9. The summed E-state index contributed by atoms with van der Waals surface area (Å²) in [6, 6.07) is 6.25. The number of halogens is 2. The number of hydrogen-bond donors (Lipinski definition) is 2. The Labute approximate surface area is 120 Å². The van der Waals surface area contributed by atoms with Gasteiger partial charge in [0, 0.05) is 29.3 Å². The lowest BCUT2D eigenvalue weighted by Gasteiger charge is -2.17. The third-order valence-corrected chi connectivity index (χ3v) is 3.98. The third-order valence-electron chi connectivity index (χ3n) is 2.75. The minimum atomic E-state index is 0.215. The van der Waals surface area contributed by atoms with Gasteiger partial charge in [-0.3, -0.25) is 0 Å². The van der Waals surface area contributed by atoms with E-state index in [-0.39, 0.29) is 6.04 Å². The Morgan fingerprint density at radius 1 is 1.50 bits per heavy atom. The lowest BCUT2D eigenvalue weighted by molar-refractivity contribution is 0.539. The molecule has 0 aliphatic rings. The van der Waals surface area contributed by atoms with Crippen LogP contribution in [0.1, 0.15) is 24.4 Å². The van der Waals surface area contributed by atoms with Crippen molar-refractivity contribution in [3.63, 3.8) is 0 Å². The van der Waals surface area contributed by atoms with Crippen LogP contribution in [-0.4, -0.2) is 16.5 Å². The first-order valence-electron chi connectivity index (χ1n) is 5.87. The maximum atomic E-state index is 6.14. The van der Waals surface area contributed by atoms with E-state index in [9.17, 15) is 0 Å². The van der Waals surface area contributed by atoms with Crippen molar-refractivity contribution in [1.29, 1.82) is 0 Å². The molecule has 0 fully saturated rings. The Morgan fingerprint density at radius 2 is 2.33 bits per heavy atom. The monoisotopic (exact) mass is 327 g/mol. The molecule has 5 heteroatoms. The summed E-state index contributed by atoms with van der Waals surface area (Å²) in [7, 11) is 0. The van der Waals surface area contributed by atoms with Crippen LogP contribution >= 0.6 is 27.5 Å². The van der Waals surface area contributed by atoms with Crippen LogP contribution in [0.3, 0.4) is 0 Å². The van der Waals surface area contributed by atoms with E-state index in [0.29, 0.717) is 0 Å². The lowest BCUT2D eigenvalue weighted by atomic mass is 10.0. The number of nitrogens with zero attached hydrogens (tertiary/aromatic N) is 1. The van der Waals surface area contributed by atoms with Crippen molar-refractivity contribution in [1.82, 2.24) is 15.3 Å². The van der Waals surface area contributed by atoms with Crippen LogP contribution in [0.5, 0.6) is 0 Å². The minimum Gasteiger partial charge on any atom is -0.349 e. The van der Waals surface area contributed by atoms with Gasteiger partial charge in [-0.2, -0.15) is 0 Å². The Bertz CT molecular complexity index is 499. The second-order valence-electron chi connectivity index (χ2n) is 4.02. The topological polar surface area (TPSA) is 40.7 Å². The van der Waals surface area contributed by atoms with E-state index in [0.717, 1.165) is 28.3 Å². The number of H-pyrrole nitrogens is 1. The number of rotatable bonds is 5. The van der Waals surface area contributed by atoms with Crippen LogP contribution < -0.4 is 5.32 Å².